The smallest absolute Gasteiger partial charge is 0.238 e. The van der Waals surface area contributed by atoms with E-state index in [1.165, 1.54) is 12.0 Å². The summed E-state index contributed by atoms with van der Waals surface area (Å²) >= 11 is 0. The predicted molar refractivity (Wildman–Crippen MR) is 134 cm³/mol. The van der Waals surface area contributed by atoms with Crippen LogP contribution < -0.4 is 20.9 Å². The Morgan fingerprint density at radius 1 is 1.00 bits per heavy atom. The van der Waals surface area contributed by atoms with E-state index in [0.717, 1.165) is 37.4 Å². The highest BCUT2D eigenvalue weighted by atomic mass is 16.1. The first-order valence-corrected chi connectivity index (χ1v) is 11.2. The molecule has 3 N–H and O–H groups in total. The maximum absolute atomic E-state index is 11.6. The molecule has 0 bridgehead atoms. The van der Waals surface area contributed by atoms with Gasteiger partial charge < -0.3 is 25.8 Å². The van der Waals surface area contributed by atoms with E-state index in [1.54, 1.807) is 6.07 Å². The van der Waals surface area contributed by atoms with Gasteiger partial charge in [0.05, 0.1) is 6.07 Å². The maximum atomic E-state index is 11.6. The summed E-state index contributed by atoms with van der Waals surface area (Å²) in [4.78, 5) is 25.0. The van der Waals surface area contributed by atoms with Crippen LogP contribution in [0.4, 0.5) is 28.7 Å². The van der Waals surface area contributed by atoms with E-state index in [9.17, 15) is 4.79 Å². The van der Waals surface area contributed by atoms with E-state index in [4.69, 9.17) is 5.26 Å². The van der Waals surface area contributed by atoms with Gasteiger partial charge in [0.15, 0.2) is 0 Å². The molecule has 2 aromatic carbocycles. The number of hydrogen-bond acceptors (Lipinski definition) is 8. The summed E-state index contributed by atoms with van der Waals surface area (Å²) in [6.07, 6.45) is 1.35. The third-order valence-corrected chi connectivity index (χ3v) is 5.60. The molecule has 0 unspecified atom stereocenters. The summed E-state index contributed by atoms with van der Waals surface area (Å²) in [5.41, 5.74) is 3.82. The van der Waals surface area contributed by atoms with Crippen molar-refractivity contribution in [3.05, 3.63) is 66.5 Å². The molecule has 0 spiro atoms. The Morgan fingerprint density at radius 2 is 1.76 bits per heavy atom. The number of aromatic nitrogens is 2. The first-order chi connectivity index (χ1) is 16.6. The minimum absolute atomic E-state index is 0.169. The summed E-state index contributed by atoms with van der Waals surface area (Å²) in [7, 11) is 2.16. The van der Waals surface area contributed by atoms with Gasteiger partial charge in [-0.25, -0.2) is 9.97 Å². The van der Waals surface area contributed by atoms with Crippen LogP contribution in [-0.4, -0.2) is 54.0 Å². The van der Waals surface area contributed by atoms with Gasteiger partial charge in [0, 0.05) is 55.9 Å². The number of piperazine rings is 1. The Hall–Kier alpha value is -4.16. The van der Waals surface area contributed by atoms with Crippen molar-refractivity contribution in [2.75, 3.05) is 54.1 Å². The monoisotopic (exact) mass is 456 g/mol. The summed E-state index contributed by atoms with van der Waals surface area (Å²) in [5.74, 6) is 1.06. The normalized spacial score (nSPS) is 13.7. The number of rotatable bonds is 8. The summed E-state index contributed by atoms with van der Waals surface area (Å²) in [5, 5.41) is 18.0. The molecular weight excluding hydrogens is 428 g/mol. The number of benzene rings is 2. The minimum Gasteiger partial charge on any atom is -0.369 e. The quantitative estimate of drug-likeness (QED) is 0.473. The highest BCUT2D eigenvalue weighted by Crippen LogP contribution is 2.22. The molecule has 1 aliphatic heterocycles. The lowest BCUT2D eigenvalue weighted by Crippen LogP contribution is -2.44. The van der Waals surface area contributed by atoms with Crippen molar-refractivity contribution in [2.45, 2.75) is 13.0 Å². The second kappa shape index (κ2) is 11.1. The molecule has 174 valence electrons. The number of nitriles is 1. The molecule has 0 radical (unpaired) electrons. The zero-order valence-corrected chi connectivity index (χ0v) is 19.2. The van der Waals surface area contributed by atoms with Gasteiger partial charge in [-0.2, -0.15) is 5.26 Å². The number of hydrogen-bond donors (Lipinski definition) is 3. The van der Waals surface area contributed by atoms with E-state index in [1.807, 2.05) is 30.3 Å². The predicted octanol–water partition coefficient (Wildman–Crippen LogP) is 3.44. The lowest BCUT2D eigenvalue weighted by atomic mass is 10.2. The Bertz CT molecular complexity index is 1150. The van der Waals surface area contributed by atoms with E-state index < -0.39 is 0 Å². The first-order valence-electron chi connectivity index (χ1n) is 11.2. The largest absolute Gasteiger partial charge is 0.369 e. The van der Waals surface area contributed by atoms with Crippen LogP contribution in [0.15, 0.2) is 60.9 Å². The SMILES string of the molecule is CN1CCN(c2ccc(Nc3cc(NCc4cccc(NC(=O)CC#N)c4)ncn3)cc2)CC1. The lowest BCUT2D eigenvalue weighted by Gasteiger charge is -2.34. The molecule has 0 saturated carbocycles. The van der Waals surface area contributed by atoms with E-state index >= 15 is 0 Å². The second-order valence-electron chi connectivity index (χ2n) is 8.19. The van der Waals surface area contributed by atoms with Gasteiger partial charge in [-0.1, -0.05) is 12.1 Å². The van der Waals surface area contributed by atoms with Gasteiger partial charge in [-0.05, 0) is 49.0 Å². The van der Waals surface area contributed by atoms with Gasteiger partial charge in [0.1, 0.15) is 24.4 Å². The van der Waals surface area contributed by atoms with Crippen molar-refractivity contribution >= 4 is 34.6 Å². The van der Waals surface area contributed by atoms with Crippen molar-refractivity contribution < 1.29 is 4.79 Å². The average Bonchev–Trinajstić information content (AvgIpc) is 2.84. The molecule has 0 aliphatic carbocycles. The topological polar surface area (TPSA) is 109 Å². The third kappa shape index (κ3) is 6.43. The van der Waals surface area contributed by atoms with Crippen LogP contribution in [0.25, 0.3) is 0 Å². The van der Waals surface area contributed by atoms with Crippen LogP contribution >= 0.6 is 0 Å². The Labute approximate surface area is 199 Å². The fourth-order valence-electron chi connectivity index (χ4n) is 3.72. The summed E-state index contributed by atoms with van der Waals surface area (Å²) < 4.78 is 0. The van der Waals surface area contributed by atoms with Gasteiger partial charge >= 0.3 is 0 Å². The molecule has 4 rings (SSSR count). The Morgan fingerprint density at radius 3 is 2.53 bits per heavy atom. The van der Waals surface area contributed by atoms with Gasteiger partial charge in [-0.3, -0.25) is 4.79 Å². The van der Waals surface area contributed by atoms with E-state index in [2.05, 4.69) is 67.0 Å². The maximum Gasteiger partial charge on any atom is 0.238 e. The van der Waals surface area contributed by atoms with Crippen LogP contribution in [0, 0.1) is 11.3 Å². The Balaban J connectivity index is 1.33. The number of nitrogens with one attached hydrogen (secondary N) is 3. The zero-order valence-electron chi connectivity index (χ0n) is 19.2. The summed E-state index contributed by atoms with van der Waals surface area (Å²) in [6, 6.07) is 19.6. The molecule has 1 aliphatic rings. The number of likely N-dealkylation sites (N-methyl/N-ethyl adjacent to an activating group) is 1. The molecule has 3 aromatic rings. The molecule has 1 fully saturated rings. The lowest BCUT2D eigenvalue weighted by molar-refractivity contribution is -0.115. The molecular formula is C25H28N8O. The van der Waals surface area contributed by atoms with Crippen molar-refractivity contribution in [1.29, 1.82) is 5.26 Å². The summed E-state index contributed by atoms with van der Waals surface area (Å²) in [6.45, 7) is 4.77. The molecule has 2 heterocycles. The zero-order chi connectivity index (χ0) is 23.8. The highest BCUT2D eigenvalue weighted by Gasteiger charge is 2.14. The van der Waals surface area contributed by atoms with Gasteiger partial charge in [-0.15, -0.1) is 0 Å². The van der Waals surface area contributed by atoms with E-state index in [0.29, 0.717) is 23.9 Å². The van der Waals surface area contributed by atoms with Gasteiger partial charge in [0.2, 0.25) is 5.91 Å². The van der Waals surface area contributed by atoms with Crippen molar-refractivity contribution in [3.63, 3.8) is 0 Å². The van der Waals surface area contributed by atoms with E-state index in [-0.39, 0.29) is 12.3 Å². The second-order valence-corrected chi connectivity index (χ2v) is 8.19. The van der Waals surface area contributed by atoms with Crippen LogP contribution in [0.2, 0.25) is 0 Å². The molecule has 1 saturated heterocycles. The molecule has 1 amide bonds. The van der Waals surface area contributed by atoms with Gasteiger partial charge in [0.25, 0.3) is 0 Å². The minimum atomic E-state index is -0.323. The van der Waals surface area contributed by atoms with Crippen molar-refractivity contribution in [1.82, 2.24) is 14.9 Å². The highest BCUT2D eigenvalue weighted by molar-refractivity contribution is 5.92. The average molecular weight is 457 g/mol. The number of nitrogens with zero attached hydrogens (tertiary/aromatic N) is 5. The van der Waals surface area contributed by atoms with Crippen LogP contribution in [0.5, 0.6) is 0 Å². The number of carbonyl (C=O) groups is 1. The molecule has 34 heavy (non-hydrogen) atoms. The number of anilines is 5. The Kier molecular flexibility index (Phi) is 7.53. The van der Waals surface area contributed by atoms with Crippen molar-refractivity contribution in [2.24, 2.45) is 0 Å². The van der Waals surface area contributed by atoms with Crippen LogP contribution in [0.3, 0.4) is 0 Å². The van der Waals surface area contributed by atoms with Crippen LogP contribution in [0.1, 0.15) is 12.0 Å². The van der Waals surface area contributed by atoms with Crippen LogP contribution in [-0.2, 0) is 11.3 Å². The standard InChI is InChI=1S/C25H28N8O/c1-32-11-13-33(14-12-32)22-7-5-20(6-8-22)30-24-16-23(28-18-29-24)27-17-19-3-2-4-21(15-19)31-25(34)9-10-26/h2-8,15-16,18H,9,11-14,17H2,1H3,(H,31,34)(H2,27,28,29,30). The van der Waals surface area contributed by atoms with Crippen molar-refractivity contribution in [3.8, 4) is 6.07 Å². The fourth-order valence-corrected chi connectivity index (χ4v) is 3.72. The molecule has 1 aromatic heterocycles. The third-order valence-electron chi connectivity index (χ3n) is 5.60. The number of amides is 1. The first kappa shape index (κ1) is 23.0. The molecule has 0 atom stereocenters. The fraction of sp³-hybridized carbons (Fsp3) is 0.280. The molecule has 9 nitrogen and oxygen atoms in total. The molecule has 9 heteroatoms. The number of carbonyl (C=O) groups excluding carboxylic acids is 1.